The minimum atomic E-state index is 0.822. The van der Waals surface area contributed by atoms with Gasteiger partial charge in [0.05, 0.1) is 12.8 Å². The summed E-state index contributed by atoms with van der Waals surface area (Å²) in [5, 5.41) is 0. The Bertz CT molecular complexity index is 885. The predicted octanol–water partition coefficient (Wildman–Crippen LogP) is 4.85. The van der Waals surface area contributed by atoms with Crippen LogP contribution < -0.4 is 4.74 Å². The molecule has 0 radical (unpaired) electrons. The molecule has 3 aromatic carbocycles. The van der Waals surface area contributed by atoms with Gasteiger partial charge in [-0.05, 0) is 42.5 Å². The van der Waals surface area contributed by atoms with E-state index in [1.165, 1.54) is 0 Å². The van der Waals surface area contributed by atoms with Gasteiger partial charge in [-0.1, -0.05) is 48.2 Å². The number of methoxy groups -OCH3 is 1. The number of ether oxygens (including phenoxy) is 1. The van der Waals surface area contributed by atoms with Gasteiger partial charge < -0.3 is 4.74 Å². The molecule has 0 N–H and O–H groups in total. The lowest BCUT2D eigenvalue weighted by Gasteiger charge is -2.00. The Morgan fingerprint density at radius 3 is 2.25 bits per heavy atom. The average molecular weight is 311 g/mol. The molecule has 0 fully saturated rings. The van der Waals surface area contributed by atoms with Crippen LogP contribution in [0.1, 0.15) is 16.7 Å². The maximum absolute atomic E-state index is 5.15. The zero-order valence-corrected chi connectivity index (χ0v) is 13.4. The second-order valence-corrected chi connectivity index (χ2v) is 5.16. The number of hydrogen-bond donors (Lipinski definition) is 0. The Morgan fingerprint density at radius 2 is 1.50 bits per heavy atom. The van der Waals surface area contributed by atoms with Crippen molar-refractivity contribution in [3.05, 3.63) is 95.6 Å². The van der Waals surface area contributed by atoms with Crippen molar-refractivity contribution in [2.75, 3.05) is 7.11 Å². The van der Waals surface area contributed by atoms with Gasteiger partial charge in [0.25, 0.3) is 0 Å². The first kappa shape index (κ1) is 15.6. The van der Waals surface area contributed by atoms with Crippen LogP contribution in [0.25, 0.3) is 0 Å². The molecule has 0 unspecified atom stereocenters. The summed E-state index contributed by atoms with van der Waals surface area (Å²) < 4.78 is 5.15. The minimum Gasteiger partial charge on any atom is -0.497 e. The fraction of sp³-hybridized carbons (Fsp3) is 0.0455. The van der Waals surface area contributed by atoms with Gasteiger partial charge in [0.2, 0.25) is 0 Å². The van der Waals surface area contributed by atoms with Gasteiger partial charge in [0.1, 0.15) is 5.75 Å². The molecule has 0 saturated heterocycles. The average Bonchev–Trinajstić information content (AvgIpc) is 2.66. The molecule has 0 spiro atoms. The maximum Gasteiger partial charge on any atom is 0.119 e. The highest BCUT2D eigenvalue weighted by molar-refractivity contribution is 5.85. The summed E-state index contributed by atoms with van der Waals surface area (Å²) in [5.41, 5.74) is 3.83. The van der Waals surface area contributed by atoms with Crippen molar-refractivity contribution in [3.8, 4) is 17.6 Å². The Kier molecular flexibility index (Phi) is 5.07. The van der Waals surface area contributed by atoms with E-state index in [1.807, 2.05) is 85.1 Å². The molecule has 0 amide bonds. The molecule has 0 aliphatic heterocycles. The molecule has 0 bridgehead atoms. The normalized spacial score (nSPS) is 10.2. The maximum atomic E-state index is 5.15. The summed E-state index contributed by atoms with van der Waals surface area (Å²) in [7, 11) is 1.65. The van der Waals surface area contributed by atoms with Crippen molar-refractivity contribution >= 4 is 11.9 Å². The van der Waals surface area contributed by atoms with Crippen LogP contribution in [0.2, 0.25) is 0 Å². The fourth-order valence-corrected chi connectivity index (χ4v) is 2.20. The third kappa shape index (κ3) is 4.12. The number of rotatable bonds is 3. The first-order valence-electron chi connectivity index (χ1n) is 7.69. The van der Waals surface area contributed by atoms with Crippen LogP contribution in [-0.4, -0.2) is 13.3 Å². The van der Waals surface area contributed by atoms with Crippen molar-refractivity contribution in [2.45, 2.75) is 0 Å². The van der Waals surface area contributed by atoms with E-state index < -0.39 is 0 Å². The van der Waals surface area contributed by atoms with Crippen LogP contribution in [0.3, 0.4) is 0 Å². The zero-order valence-electron chi connectivity index (χ0n) is 13.4. The van der Waals surface area contributed by atoms with Crippen molar-refractivity contribution in [2.24, 2.45) is 4.99 Å². The van der Waals surface area contributed by atoms with Crippen LogP contribution in [0.4, 0.5) is 5.69 Å². The van der Waals surface area contributed by atoms with Gasteiger partial charge in [-0.25, -0.2) is 0 Å². The van der Waals surface area contributed by atoms with Gasteiger partial charge in [0.15, 0.2) is 0 Å². The van der Waals surface area contributed by atoms with Gasteiger partial charge in [-0.2, -0.15) is 0 Å². The van der Waals surface area contributed by atoms with E-state index in [-0.39, 0.29) is 0 Å². The Morgan fingerprint density at radius 1 is 0.792 bits per heavy atom. The van der Waals surface area contributed by atoms with Gasteiger partial charge in [-0.3, -0.25) is 4.99 Å². The molecule has 3 aromatic rings. The van der Waals surface area contributed by atoms with Crippen molar-refractivity contribution in [3.63, 3.8) is 0 Å². The predicted molar refractivity (Wildman–Crippen MR) is 99.1 cm³/mol. The molecule has 0 aliphatic carbocycles. The molecule has 0 saturated carbocycles. The zero-order chi connectivity index (χ0) is 16.6. The number of nitrogens with zero attached hydrogens (tertiary/aromatic N) is 1. The number of benzene rings is 3. The smallest absolute Gasteiger partial charge is 0.119 e. The van der Waals surface area contributed by atoms with Gasteiger partial charge in [0, 0.05) is 22.9 Å². The van der Waals surface area contributed by atoms with E-state index >= 15 is 0 Å². The molecule has 0 aromatic heterocycles. The summed E-state index contributed by atoms with van der Waals surface area (Å²) in [5.74, 6) is 7.23. The molecule has 2 heteroatoms. The van der Waals surface area contributed by atoms with E-state index in [0.717, 1.165) is 28.1 Å². The molecule has 116 valence electrons. The molecule has 0 atom stereocenters. The Labute approximate surface area is 142 Å². The minimum absolute atomic E-state index is 0.822. The highest BCUT2D eigenvalue weighted by Crippen LogP contribution is 2.18. The first-order chi connectivity index (χ1) is 11.8. The van der Waals surface area contributed by atoms with E-state index in [2.05, 4.69) is 16.8 Å². The topological polar surface area (TPSA) is 21.6 Å². The van der Waals surface area contributed by atoms with Crippen molar-refractivity contribution in [1.82, 2.24) is 0 Å². The van der Waals surface area contributed by atoms with Gasteiger partial charge >= 0.3 is 0 Å². The molecule has 0 aliphatic rings. The highest BCUT2D eigenvalue weighted by atomic mass is 16.5. The van der Waals surface area contributed by atoms with E-state index in [1.54, 1.807) is 7.11 Å². The Balaban J connectivity index is 1.84. The quantitative estimate of drug-likeness (QED) is 0.501. The van der Waals surface area contributed by atoms with Gasteiger partial charge in [-0.15, -0.1) is 0 Å². The van der Waals surface area contributed by atoms with Crippen LogP contribution in [0.15, 0.2) is 83.9 Å². The largest absolute Gasteiger partial charge is 0.497 e. The van der Waals surface area contributed by atoms with Crippen molar-refractivity contribution < 1.29 is 4.74 Å². The van der Waals surface area contributed by atoms with E-state index in [4.69, 9.17) is 4.74 Å². The summed E-state index contributed by atoms with van der Waals surface area (Å²) in [6.07, 6.45) is 1.84. The lowest BCUT2D eigenvalue weighted by molar-refractivity contribution is 0.415. The summed E-state index contributed by atoms with van der Waals surface area (Å²) in [4.78, 5) is 4.52. The van der Waals surface area contributed by atoms with Crippen LogP contribution in [0, 0.1) is 11.8 Å². The summed E-state index contributed by atoms with van der Waals surface area (Å²) in [6.45, 7) is 0. The monoisotopic (exact) mass is 311 g/mol. The second-order valence-electron chi connectivity index (χ2n) is 5.16. The second kappa shape index (κ2) is 7.80. The third-order valence-electron chi connectivity index (χ3n) is 3.50. The number of aliphatic imine (C=N–C) groups is 1. The number of hydrogen-bond acceptors (Lipinski definition) is 2. The third-order valence-corrected chi connectivity index (χ3v) is 3.50. The molecule has 24 heavy (non-hydrogen) atoms. The summed E-state index contributed by atoms with van der Waals surface area (Å²) in [6, 6.07) is 25.6. The van der Waals surface area contributed by atoms with Crippen LogP contribution in [-0.2, 0) is 0 Å². The molecule has 0 heterocycles. The van der Waals surface area contributed by atoms with E-state index in [9.17, 15) is 0 Å². The standard InChI is InChI=1S/C22H17NO/c1-24-22-15-13-21(14-16-22)23-17-20-10-6-5-9-19(20)12-11-18-7-3-2-4-8-18/h2-10,13-17H,1H3. The van der Waals surface area contributed by atoms with E-state index in [0.29, 0.717) is 0 Å². The first-order valence-corrected chi connectivity index (χ1v) is 7.69. The fourth-order valence-electron chi connectivity index (χ4n) is 2.20. The Hall–Kier alpha value is -3.31. The molecule has 3 rings (SSSR count). The SMILES string of the molecule is COc1ccc(N=Cc2ccccc2C#Cc2ccccc2)cc1. The molecule has 2 nitrogen and oxygen atoms in total. The van der Waals surface area contributed by atoms with Crippen LogP contribution in [0.5, 0.6) is 5.75 Å². The van der Waals surface area contributed by atoms with Crippen molar-refractivity contribution in [1.29, 1.82) is 0 Å². The lowest BCUT2D eigenvalue weighted by atomic mass is 10.1. The lowest BCUT2D eigenvalue weighted by Crippen LogP contribution is -1.87. The molecular formula is C22H17NO. The summed E-state index contributed by atoms with van der Waals surface area (Å²) >= 11 is 0. The molecular weight excluding hydrogens is 294 g/mol. The highest BCUT2D eigenvalue weighted by Gasteiger charge is 1.96. The van der Waals surface area contributed by atoms with Crippen LogP contribution >= 0.6 is 0 Å².